The summed E-state index contributed by atoms with van der Waals surface area (Å²) in [5.74, 6) is -1.02. The van der Waals surface area contributed by atoms with Gasteiger partial charge in [0.1, 0.15) is 11.6 Å². The first-order chi connectivity index (χ1) is 7.72. The highest BCUT2D eigenvalue weighted by molar-refractivity contribution is 5.87. The Morgan fingerprint density at radius 3 is 2.44 bits per heavy atom. The van der Waals surface area contributed by atoms with Crippen LogP contribution in [-0.2, 0) is 0 Å². The summed E-state index contributed by atoms with van der Waals surface area (Å²) in [5.41, 5.74) is 0.837. The van der Waals surface area contributed by atoms with E-state index < -0.39 is 11.6 Å². The van der Waals surface area contributed by atoms with Gasteiger partial charge in [-0.25, -0.2) is 8.78 Å². The maximum Gasteiger partial charge on any atom is 0.153 e. The van der Waals surface area contributed by atoms with Gasteiger partial charge in [-0.15, -0.1) is 0 Å². The molecule has 16 heavy (non-hydrogen) atoms. The summed E-state index contributed by atoms with van der Waals surface area (Å²) in [7, 11) is 0. The molecule has 0 aliphatic heterocycles. The number of halogens is 2. The molecule has 0 aromatic heterocycles. The van der Waals surface area contributed by atoms with E-state index in [4.69, 9.17) is 0 Å². The molecule has 2 rings (SSSR count). The minimum atomic E-state index is -0.600. The van der Waals surface area contributed by atoms with Crippen LogP contribution in [0, 0.1) is 11.6 Å². The first kappa shape index (κ1) is 10.5. The van der Waals surface area contributed by atoms with Crippen LogP contribution < -0.4 is 0 Å². The van der Waals surface area contributed by atoms with Gasteiger partial charge in [-0.1, -0.05) is 24.3 Å². The number of carbonyl (C=O) groups excluding carboxylic acids is 1. The van der Waals surface area contributed by atoms with Crippen molar-refractivity contribution < 1.29 is 13.6 Å². The van der Waals surface area contributed by atoms with Crippen molar-refractivity contribution in [3.8, 4) is 11.1 Å². The number of rotatable bonds is 2. The molecular formula is C13H8F2O. The summed E-state index contributed by atoms with van der Waals surface area (Å²) < 4.78 is 26.3. The quantitative estimate of drug-likeness (QED) is 0.705. The molecule has 0 spiro atoms. The molecule has 0 aliphatic rings. The van der Waals surface area contributed by atoms with Gasteiger partial charge in [-0.05, 0) is 29.3 Å². The van der Waals surface area contributed by atoms with Gasteiger partial charge in [0.2, 0.25) is 0 Å². The molecule has 0 bridgehead atoms. The van der Waals surface area contributed by atoms with Crippen molar-refractivity contribution in [3.05, 3.63) is 59.7 Å². The van der Waals surface area contributed by atoms with Gasteiger partial charge in [0.25, 0.3) is 0 Å². The van der Waals surface area contributed by atoms with Crippen LogP contribution in [-0.4, -0.2) is 6.29 Å². The molecule has 0 fully saturated rings. The van der Waals surface area contributed by atoms with Gasteiger partial charge < -0.3 is 0 Å². The standard InChI is InChI=1S/C13H8F2O/c14-10-4-1-3-9(7-10)11-5-2-6-13(15)12(11)8-16/h1-8H. The molecule has 0 unspecified atom stereocenters. The van der Waals surface area contributed by atoms with E-state index in [1.807, 2.05) is 0 Å². The van der Waals surface area contributed by atoms with E-state index in [9.17, 15) is 13.6 Å². The van der Waals surface area contributed by atoms with Gasteiger partial charge in [-0.2, -0.15) is 0 Å². The lowest BCUT2D eigenvalue weighted by Crippen LogP contribution is -1.92. The zero-order valence-corrected chi connectivity index (χ0v) is 8.28. The second-order valence-corrected chi connectivity index (χ2v) is 3.33. The minimum Gasteiger partial charge on any atom is -0.298 e. The van der Waals surface area contributed by atoms with Crippen LogP contribution in [0.3, 0.4) is 0 Å². The highest BCUT2D eigenvalue weighted by Gasteiger charge is 2.09. The van der Waals surface area contributed by atoms with Crippen LogP contribution in [0.1, 0.15) is 10.4 Å². The van der Waals surface area contributed by atoms with Crippen LogP contribution in [0.15, 0.2) is 42.5 Å². The first-order valence-electron chi connectivity index (χ1n) is 4.72. The lowest BCUT2D eigenvalue weighted by atomic mass is 10.00. The summed E-state index contributed by atoms with van der Waals surface area (Å²) in [5, 5.41) is 0. The Morgan fingerprint density at radius 1 is 1.00 bits per heavy atom. The molecule has 0 N–H and O–H groups in total. The summed E-state index contributed by atoms with van der Waals surface area (Å²) in [6.07, 6.45) is 0.440. The molecule has 0 aliphatic carbocycles. The maximum atomic E-state index is 13.3. The third kappa shape index (κ3) is 1.84. The van der Waals surface area contributed by atoms with Gasteiger partial charge in [0, 0.05) is 0 Å². The molecular weight excluding hydrogens is 210 g/mol. The molecule has 0 radical (unpaired) electrons. The summed E-state index contributed by atoms with van der Waals surface area (Å²) in [6.45, 7) is 0. The SMILES string of the molecule is O=Cc1c(F)cccc1-c1cccc(F)c1. The average Bonchev–Trinajstić information content (AvgIpc) is 2.28. The van der Waals surface area contributed by atoms with Crippen molar-refractivity contribution in [2.24, 2.45) is 0 Å². The van der Waals surface area contributed by atoms with Crippen molar-refractivity contribution >= 4 is 6.29 Å². The molecule has 2 aromatic rings. The molecule has 2 aromatic carbocycles. The fourth-order valence-electron chi connectivity index (χ4n) is 1.56. The van der Waals surface area contributed by atoms with Crippen LogP contribution in [0.5, 0.6) is 0 Å². The van der Waals surface area contributed by atoms with Gasteiger partial charge in [0.15, 0.2) is 6.29 Å². The second kappa shape index (κ2) is 4.23. The number of hydrogen-bond acceptors (Lipinski definition) is 1. The monoisotopic (exact) mass is 218 g/mol. The maximum absolute atomic E-state index is 13.3. The molecule has 0 atom stereocenters. The summed E-state index contributed by atoms with van der Waals surface area (Å²) in [6, 6.07) is 9.98. The fourth-order valence-corrected chi connectivity index (χ4v) is 1.56. The Kier molecular flexibility index (Phi) is 2.77. The molecule has 3 heteroatoms. The topological polar surface area (TPSA) is 17.1 Å². The molecule has 0 saturated carbocycles. The Bertz CT molecular complexity index is 535. The van der Waals surface area contributed by atoms with Crippen molar-refractivity contribution in [1.29, 1.82) is 0 Å². The van der Waals surface area contributed by atoms with Crippen LogP contribution in [0.4, 0.5) is 8.78 Å². The van der Waals surface area contributed by atoms with Gasteiger partial charge in [0.05, 0.1) is 5.56 Å². The Balaban J connectivity index is 2.64. The number of benzene rings is 2. The van der Waals surface area contributed by atoms with E-state index in [0.29, 0.717) is 17.4 Å². The molecule has 0 amide bonds. The van der Waals surface area contributed by atoms with E-state index >= 15 is 0 Å². The van der Waals surface area contributed by atoms with E-state index in [0.717, 1.165) is 0 Å². The van der Waals surface area contributed by atoms with E-state index in [2.05, 4.69) is 0 Å². The lowest BCUT2D eigenvalue weighted by molar-refractivity contribution is 0.112. The lowest BCUT2D eigenvalue weighted by Gasteiger charge is -2.05. The van der Waals surface area contributed by atoms with Gasteiger partial charge >= 0.3 is 0 Å². The molecule has 0 saturated heterocycles. The van der Waals surface area contributed by atoms with Gasteiger partial charge in [-0.3, -0.25) is 4.79 Å². The van der Waals surface area contributed by atoms with Crippen molar-refractivity contribution in [3.63, 3.8) is 0 Å². The second-order valence-electron chi connectivity index (χ2n) is 3.33. The van der Waals surface area contributed by atoms with Crippen LogP contribution in [0.2, 0.25) is 0 Å². The fraction of sp³-hybridized carbons (Fsp3) is 0. The van der Waals surface area contributed by atoms with E-state index in [-0.39, 0.29) is 5.56 Å². The highest BCUT2D eigenvalue weighted by Crippen LogP contribution is 2.24. The number of hydrogen-bond donors (Lipinski definition) is 0. The predicted molar refractivity (Wildman–Crippen MR) is 57.2 cm³/mol. The van der Waals surface area contributed by atoms with Crippen LogP contribution in [0.25, 0.3) is 11.1 Å². The van der Waals surface area contributed by atoms with Crippen LogP contribution >= 0.6 is 0 Å². The Labute approximate surface area is 91.3 Å². The largest absolute Gasteiger partial charge is 0.298 e. The first-order valence-corrected chi connectivity index (χ1v) is 4.72. The number of carbonyl (C=O) groups is 1. The summed E-state index contributed by atoms with van der Waals surface area (Å²) in [4.78, 5) is 10.8. The predicted octanol–water partition coefficient (Wildman–Crippen LogP) is 3.44. The third-order valence-electron chi connectivity index (χ3n) is 2.31. The van der Waals surface area contributed by atoms with Crippen molar-refractivity contribution in [2.75, 3.05) is 0 Å². The molecule has 1 nitrogen and oxygen atoms in total. The van der Waals surface area contributed by atoms with Crippen molar-refractivity contribution in [2.45, 2.75) is 0 Å². The summed E-state index contributed by atoms with van der Waals surface area (Å²) >= 11 is 0. The highest BCUT2D eigenvalue weighted by atomic mass is 19.1. The average molecular weight is 218 g/mol. The third-order valence-corrected chi connectivity index (χ3v) is 2.31. The van der Waals surface area contributed by atoms with E-state index in [1.54, 1.807) is 12.1 Å². The Morgan fingerprint density at radius 2 is 1.75 bits per heavy atom. The minimum absolute atomic E-state index is 0.0481. The Hall–Kier alpha value is -2.03. The zero-order valence-electron chi connectivity index (χ0n) is 8.28. The normalized spacial score (nSPS) is 10.1. The zero-order chi connectivity index (χ0) is 11.5. The molecule has 0 heterocycles. The number of aldehydes is 1. The van der Waals surface area contributed by atoms with Crippen molar-refractivity contribution in [1.82, 2.24) is 0 Å². The smallest absolute Gasteiger partial charge is 0.153 e. The molecule has 80 valence electrons. The van der Waals surface area contributed by atoms with E-state index in [1.165, 1.54) is 30.3 Å².